The van der Waals surface area contributed by atoms with Crippen molar-refractivity contribution in [2.45, 2.75) is 57.6 Å². The highest BCUT2D eigenvalue weighted by Gasteiger charge is 2.47. The summed E-state index contributed by atoms with van der Waals surface area (Å²) in [5.41, 5.74) is 2.62. The van der Waals surface area contributed by atoms with E-state index in [4.69, 9.17) is 4.74 Å². The van der Waals surface area contributed by atoms with Gasteiger partial charge in [0.2, 0.25) is 0 Å². The lowest BCUT2D eigenvalue weighted by atomic mass is 9.78. The second kappa shape index (κ2) is 4.90. The van der Waals surface area contributed by atoms with Crippen LogP contribution in [0, 0.1) is 0 Å². The van der Waals surface area contributed by atoms with Gasteiger partial charge in [0.1, 0.15) is 12.3 Å². The van der Waals surface area contributed by atoms with E-state index < -0.39 is 6.23 Å². The van der Waals surface area contributed by atoms with Crippen LogP contribution in [0.2, 0.25) is 0 Å². The summed E-state index contributed by atoms with van der Waals surface area (Å²) in [7, 11) is 0. The minimum absolute atomic E-state index is 0.00424. The van der Waals surface area contributed by atoms with Crippen molar-refractivity contribution in [3.05, 3.63) is 42.0 Å². The number of anilines is 1. The van der Waals surface area contributed by atoms with Gasteiger partial charge in [0, 0.05) is 5.69 Å². The number of rotatable bonds is 4. The van der Waals surface area contributed by atoms with Crippen molar-refractivity contribution in [1.29, 1.82) is 0 Å². The summed E-state index contributed by atoms with van der Waals surface area (Å²) in [6.45, 7) is 6.78. The van der Waals surface area contributed by atoms with Gasteiger partial charge in [-0.3, -0.25) is 0 Å². The number of aliphatic hydroxyl groups is 1. The van der Waals surface area contributed by atoms with Gasteiger partial charge in [0.15, 0.2) is 6.23 Å². The van der Waals surface area contributed by atoms with Crippen molar-refractivity contribution in [3.63, 3.8) is 0 Å². The van der Waals surface area contributed by atoms with E-state index in [2.05, 4.69) is 45.0 Å². The lowest BCUT2D eigenvalue weighted by Gasteiger charge is -2.31. The number of epoxide rings is 1. The van der Waals surface area contributed by atoms with Crippen molar-refractivity contribution in [2.75, 3.05) is 4.90 Å². The molecule has 3 heteroatoms. The Morgan fingerprint density at radius 3 is 2.40 bits per heavy atom. The van der Waals surface area contributed by atoms with Crippen molar-refractivity contribution in [2.24, 2.45) is 0 Å². The number of hydrogen-bond acceptors (Lipinski definition) is 3. The van der Waals surface area contributed by atoms with Crippen LogP contribution in [0.15, 0.2) is 36.4 Å². The zero-order valence-electron chi connectivity index (χ0n) is 12.4. The standard InChI is InChI=1S/C17H23NO2/c1-4-17(3,5-2)12-6-8-13(9-7-12)18-15(19)11-10-14-16(18)20-14/h6-11,14-16,19H,4-5H2,1-3H3. The molecule has 2 aliphatic rings. The maximum atomic E-state index is 10.1. The van der Waals surface area contributed by atoms with E-state index in [-0.39, 0.29) is 17.7 Å². The van der Waals surface area contributed by atoms with Crippen LogP contribution in [0.25, 0.3) is 0 Å². The third-order valence-electron chi connectivity index (χ3n) is 4.96. The number of hydrogen-bond donors (Lipinski definition) is 1. The minimum Gasteiger partial charge on any atom is -0.370 e. The molecule has 0 saturated carbocycles. The first-order chi connectivity index (χ1) is 9.59. The summed E-state index contributed by atoms with van der Waals surface area (Å²) in [5, 5.41) is 10.1. The van der Waals surface area contributed by atoms with Crippen LogP contribution in [0.4, 0.5) is 5.69 Å². The molecule has 0 amide bonds. The van der Waals surface area contributed by atoms with Gasteiger partial charge >= 0.3 is 0 Å². The molecule has 0 aromatic heterocycles. The molecule has 20 heavy (non-hydrogen) atoms. The van der Waals surface area contributed by atoms with Gasteiger partial charge in [-0.15, -0.1) is 0 Å². The quantitative estimate of drug-likeness (QED) is 0.676. The Bertz CT molecular complexity index is 504. The van der Waals surface area contributed by atoms with Gasteiger partial charge < -0.3 is 14.7 Å². The van der Waals surface area contributed by atoms with Crippen LogP contribution >= 0.6 is 0 Å². The maximum Gasteiger partial charge on any atom is 0.163 e. The Kier molecular flexibility index (Phi) is 3.35. The molecule has 3 unspecified atom stereocenters. The molecule has 1 saturated heterocycles. The molecule has 0 spiro atoms. The van der Waals surface area contributed by atoms with Crippen LogP contribution in [0.5, 0.6) is 0 Å². The zero-order chi connectivity index (χ0) is 14.3. The predicted octanol–water partition coefficient (Wildman–Crippen LogP) is 3.18. The molecule has 108 valence electrons. The van der Waals surface area contributed by atoms with Crippen LogP contribution in [-0.2, 0) is 10.2 Å². The number of ether oxygens (including phenoxy) is 1. The van der Waals surface area contributed by atoms with Crippen LogP contribution in [0.1, 0.15) is 39.2 Å². The summed E-state index contributed by atoms with van der Waals surface area (Å²) in [6, 6.07) is 8.57. The summed E-state index contributed by atoms with van der Waals surface area (Å²) in [5.74, 6) is 0. The Hall–Kier alpha value is -1.32. The molecular weight excluding hydrogens is 250 g/mol. The van der Waals surface area contributed by atoms with Gasteiger partial charge in [-0.2, -0.15) is 0 Å². The fourth-order valence-corrected chi connectivity index (χ4v) is 2.93. The van der Waals surface area contributed by atoms with E-state index in [0.717, 1.165) is 18.5 Å². The molecule has 2 aliphatic heterocycles. The van der Waals surface area contributed by atoms with Crippen LogP contribution in [-0.4, -0.2) is 23.7 Å². The van der Waals surface area contributed by atoms with E-state index >= 15 is 0 Å². The molecule has 1 fully saturated rings. The number of nitrogens with zero attached hydrogens (tertiary/aromatic N) is 1. The molecule has 3 nitrogen and oxygen atoms in total. The van der Waals surface area contributed by atoms with Crippen LogP contribution < -0.4 is 4.90 Å². The Morgan fingerprint density at radius 2 is 1.80 bits per heavy atom. The first kappa shape index (κ1) is 13.7. The molecule has 3 atom stereocenters. The van der Waals surface area contributed by atoms with E-state index in [1.165, 1.54) is 5.56 Å². The van der Waals surface area contributed by atoms with Crippen molar-refractivity contribution in [3.8, 4) is 0 Å². The fourth-order valence-electron chi connectivity index (χ4n) is 2.93. The largest absolute Gasteiger partial charge is 0.370 e. The molecule has 1 aromatic rings. The molecule has 2 heterocycles. The monoisotopic (exact) mass is 273 g/mol. The smallest absolute Gasteiger partial charge is 0.163 e. The van der Waals surface area contributed by atoms with E-state index in [1.807, 2.05) is 11.0 Å². The van der Waals surface area contributed by atoms with Gasteiger partial charge in [-0.1, -0.05) is 39.0 Å². The van der Waals surface area contributed by atoms with E-state index in [9.17, 15) is 5.11 Å². The van der Waals surface area contributed by atoms with E-state index in [1.54, 1.807) is 6.08 Å². The normalized spacial score (nSPS) is 28.4. The molecule has 0 aliphatic carbocycles. The van der Waals surface area contributed by atoms with Crippen molar-refractivity contribution >= 4 is 5.69 Å². The zero-order valence-corrected chi connectivity index (χ0v) is 12.4. The van der Waals surface area contributed by atoms with Crippen LogP contribution in [0.3, 0.4) is 0 Å². The Balaban J connectivity index is 1.85. The van der Waals surface area contributed by atoms with E-state index in [0.29, 0.717) is 0 Å². The SMILES string of the molecule is CCC(C)(CC)c1ccc(N2C(O)C=CC3OC32)cc1. The third kappa shape index (κ3) is 2.15. The summed E-state index contributed by atoms with van der Waals surface area (Å²) >= 11 is 0. The van der Waals surface area contributed by atoms with Gasteiger partial charge in [0.05, 0.1) is 0 Å². The lowest BCUT2D eigenvalue weighted by molar-refractivity contribution is 0.199. The molecule has 0 radical (unpaired) electrons. The van der Waals surface area contributed by atoms with Gasteiger partial charge in [-0.25, -0.2) is 0 Å². The first-order valence-electron chi connectivity index (χ1n) is 7.50. The van der Waals surface area contributed by atoms with Crippen molar-refractivity contribution in [1.82, 2.24) is 0 Å². The molecule has 1 aromatic carbocycles. The molecule has 1 N–H and O–H groups in total. The summed E-state index contributed by atoms with van der Waals surface area (Å²) < 4.78 is 5.53. The number of fused-ring (bicyclic) bond motifs is 1. The highest BCUT2D eigenvalue weighted by molar-refractivity contribution is 5.53. The average molecular weight is 273 g/mol. The summed E-state index contributed by atoms with van der Waals surface area (Å²) in [4.78, 5) is 1.93. The second-order valence-corrected chi connectivity index (χ2v) is 6.01. The maximum absolute atomic E-state index is 10.1. The molecule has 0 bridgehead atoms. The lowest BCUT2D eigenvalue weighted by Crippen LogP contribution is -2.39. The summed E-state index contributed by atoms with van der Waals surface area (Å²) in [6.07, 6.45) is 5.56. The highest BCUT2D eigenvalue weighted by atomic mass is 16.6. The Labute approximate surface area is 120 Å². The average Bonchev–Trinajstić information content (AvgIpc) is 3.26. The van der Waals surface area contributed by atoms with Gasteiger partial charge in [0.25, 0.3) is 0 Å². The topological polar surface area (TPSA) is 36.0 Å². The highest BCUT2D eigenvalue weighted by Crippen LogP contribution is 2.38. The second-order valence-electron chi connectivity index (χ2n) is 6.01. The third-order valence-corrected chi connectivity index (χ3v) is 4.96. The van der Waals surface area contributed by atoms with Gasteiger partial charge in [-0.05, 0) is 42.0 Å². The molecular formula is C17H23NO2. The fraction of sp³-hybridized carbons (Fsp3) is 0.529. The number of benzene rings is 1. The predicted molar refractivity (Wildman–Crippen MR) is 80.7 cm³/mol. The minimum atomic E-state index is -0.590. The number of aliphatic hydroxyl groups excluding tert-OH is 1. The van der Waals surface area contributed by atoms with Crippen molar-refractivity contribution < 1.29 is 9.84 Å². The Morgan fingerprint density at radius 1 is 1.15 bits per heavy atom. The first-order valence-corrected chi connectivity index (χ1v) is 7.50. The molecule has 3 rings (SSSR count).